The molecule has 4 nitrogen and oxygen atoms in total. The minimum Gasteiger partial charge on any atom is -0.326 e. The van der Waals surface area contributed by atoms with E-state index < -0.39 is 5.82 Å². The van der Waals surface area contributed by atoms with Crippen LogP contribution in [0, 0.1) is 9.39 Å². The number of hydrogen-bond acceptors (Lipinski definition) is 3. The predicted molar refractivity (Wildman–Crippen MR) is 92.4 cm³/mol. The van der Waals surface area contributed by atoms with Crippen molar-refractivity contribution in [1.29, 1.82) is 0 Å². The van der Waals surface area contributed by atoms with Crippen LogP contribution in [0.3, 0.4) is 0 Å². The molecule has 0 spiro atoms. The van der Waals surface area contributed by atoms with Gasteiger partial charge >= 0.3 is 0 Å². The average molecular weight is 429 g/mol. The first-order valence-electron chi connectivity index (χ1n) is 6.44. The van der Waals surface area contributed by atoms with Gasteiger partial charge in [0.1, 0.15) is 12.1 Å². The van der Waals surface area contributed by atoms with E-state index in [4.69, 9.17) is 17.3 Å². The van der Waals surface area contributed by atoms with Gasteiger partial charge in [0.25, 0.3) is 0 Å². The van der Waals surface area contributed by atoms with E-state index in [9.17, 15) is 4.39 Å². The van der Waals surface area contributed by atoms with Gasteiger partial charge in [0.15, 0.2) is 5.82 Å². The van der Waals surface area contributed by atoms with Gasteiger partial charge in [0.05, 0.1) is 10.7 Å². The normalized spacial score (nSPS) is 10.9. The second-order valence-corrected chi connectivity index (χ2v) is 6.27. The van der Waals surface area contributed by atoms with Gasteiger partial charge in [0, 0.05) is 21.2 Å². The molecule has 1 aromatic heterocycles. The number of nitrogens with two attached hydrogens (primary N) is 1. The van der Waals surface area contributed by atoms with Gasteiger partial charge < -0.3 is 5.73 Å². The third kappa shape index (κ3) is 2.99. The zero-order chi connectivity index (χ0) is 15.7. The molecule has 22 heavy (non-hydrogen) atoms. The summed E-state index contributed by atoms with van der Waals surface area (Å²) in [6, 6.07) is 10.7. The number of aromatic nitrogens is 3. The van der Waals surface area contributed by atoms with Crippen LogP contribution in [0.15, 0.2) is 42.7 Å². The Bertz CT molecular complexity index is 817. The smallest absolute Gasteiger partial charge is 0.181 e. The maximum atomic E-state index is 13.6. The van der Waals surface area contributed by atoms with Crippen molar-refractivity contribution < 1.29 is 4.39 Å². The molecule has 0 aliphatic rings. The van der Waals surface area contributed by atoms with Gasteiger partial charge in [-0.3, -0.25) is 0 Å². The topological polar surface area (TPSA) is 56.7 Å². The number of benzene rings is 2. The standard InChI is InChI=1S/C15H11ClFIN4/c16-12-6-13(17)10(7-19)5-14(12)22-8-20-15(21-22)9-1-3-11(18)4-2-9/h1-6,8H,7,19H2. The van der Waals surface area contributed by atoms with Crippen LogP contribution in [0.25, 0.3) is 17.1 Å². The number of rotatable bonds is 3. The lowest BCUT2D eigenvalue weighted by Crippen LogP contribution is -2.04. The zero-order valence-electron chi connectivity index (χ0n) is 11.3. The van der Waals surface area contributed by atoms with Crippen molar-refractivity contribution in [1.82, 2.24) is 14.8 Å². The fourth-order valence-corrected chi connectivity index (χ4v) is 2.62. The summed E-state index contributed by atoms with van der Waals surface area (Å²) in [4.78, 5) is 4.28. The lowest BCUT2D eigenvalue weighted by Gasteiger charge is -2.07. The highest BCUT2D eigenvalue weighted by Crippen LogP contribution is 2.25. The summed E-state index contributed by atoms with van der Waals surface area (Å²) in [7, 11) is 0. The maximum absolute atomic E-state index is 13.6. The van der Waals surface area contributed by atoms with Crippen molar-refractivity contribution >= 4 is 34.2 Å². The summed E-state index contributed by atoms with van der Waals surface area (Å²) < 4.78 is 16.3. The first-order chi connectivity index (χ1) is 10.6. The van der Waals surface area contributed by atoms with E-state index in [1.165, 1.54) is 10.7 Å². The summed E-state index contributed by atoms with van der Waals surface area (Å²) in [6.45, 7) is 0.0919. The maximum Gasteiger partial charge on any atom is 0.181 e. The van der Waals surface area contributed by atoms with E-state index >= 15 is 0 Å². The molecule has 0 saturated heterocycles. The van der Waals surface area contributed by atoms with Gasteiger partial charge in [0.2, 0.25) is 0 Å². The van der Waals surface area contributed by atoms with Crippen LogP contribution >= 0.6 is 34.2 Å². The minimum absolute atomic E-state index is 0.0919. The van der Waals surface area contributed by atoms with Crippen molar-refractivity contribution in [2.75, 3.05) is 0 Å². The molecule has 1 heterocycles. The molecule has 7 heteroatoms. The average Bonchev–Trinajstić information content (AvgIpc) is 2.98. The molecular weight excluding hydrogens is 418 g/mol. The van der Waals surface area contributed by atoms with Crippen LogP contribution in [0.1, 0.15) is 5.56 Å². The molecule has 3 rings (SSSR count). The van der Waals surface area contributed by atoms with Gasteiger partial charge in [-0.15, -0.1) is 5.10 Å². The van der Waals surface area contributed by atoms with E-state index in [2.05, 4.69) is 32.7 Å². The molecule has 112 valence electrons. The summed E-state index contributed by atoms with van der Waals surface area (Å²) >= 11 is 8.33. The van der Waals surface area contributed by atoms with E-state index in [1.807, 2.05) is 24.3 Å². The SMILES string of the molecule is NCc1cc(-n2cnc(-c3ccc(I)cc3)n2)c(Cl)cc1F. The number of nitrogens with zero attached hydrogens (tertiary/aromatic N) is 3. The molecule has 2 aromatic carbocycles. The Hall–Kier alpha value is -1.51. The highest BCUT2D eigenvalue weighted by Gasteiger charge is 2.12. The van der Waals surface area contributed by atoms with E-state index in [-0.39, 0.29) is 11.6 Å². The second-order valence-electron chi connectivity index (χ2n) is 4.62. The fraction of sp³-hybridized carbons (Fsp3) is 0.0667. The molecule has 0 atom stereocenters. The Morgan fingerprint density at radius 1 is 1.23 bits per heavy atom. The van der Waals surface area contributed by atoms with Gasteiger partial charge in [-0.05, 0) is 46.9 Å². The lowest BCUT2D eigenvalue weighted by molar-refractivity contribution is 0.609. The number of halogens is 3. The summed E-state index contributed by atoms with van der Waals surface area (Å²) in [5, 5.41) is 4.66. The molecule has 0 aliphatic carbocycles. The van der Waals surface area contributed by atoms with Gasteiger partial charge in [-0.25, -0.2) is 14.1 Å². The van der Waals surface area contributed by atoms with E-state index in [0.717, 1.165) is 9.13 Å². The van der Waals surface area contributed by atoms with Gasteiger partial charge in [-0.2, -0.15) is 0 Å². The molecule has 0 amide bonds. The highest BCUT2D eigenvalue weighted by atomic mass is 127. The third-order valence-electron chi connectivity index (χ3n) is 3.18. The summed E-state index contributed by atoms with van der Waals surface area (Å²) in [5.41, 5.74) is 7.36. The molecule has 0 bridgehead atoms. The summed E-state index contributed by atoms with van der Waals surface area (Å²) in [6.07, 6.45) is 1.55. The molecule has 0 radical (unpaired) electrons. The largest absolute Gasteiger partial charge is 0.326 e. The Morgan fingerprint density at radius 2 is 1.95 bits per heavy atom. The zero-order valence-corrected chi connectivity index (χ0v) is 14.2. The first-order valence-corrected chi connectivity index (χ1v) is 7.90. The van der Waals surface area contributed by atoms with Crippen LogP contribution in [0.4, 0.5) is 4.39 Å². The van der Waals surface area contributed by atoms with Crippen molar-refractivity contribution in [3.8, 4) is 17.1 Å². The highest BCUT2D eigenvalue weighted by molar-refractivity contribution is 14.1. The van der Waals surface area contributed by atoms with Crippen LogP contribution < -0.4 is 5.73 Å². The Balaban J connectivity index is 2.02. The molecule has 0 aliphatic heterocycles. The van der Waals surface area contributed by atoms with Crippen LogP contribution in [-0.4, -0.2) is 14.8 Å². The van der Waals surface area contributed by atoms with Crippen molar-refractivity contribution in [2.45, 2.75) is 6.54 Å². The van der Waals surface area contributed by atoms with Crippen LogP contribution in [0.5, 0.6) is 0 Å². The minimum atomic E-state index is -0.422. The predicted octanol–water partition coefficient (Wildman–Crippen LogP) is 3.79. The molecule has 2 N–H and O–H groups in total. The van der Waals surface area contributed by atoms with E-state index in [0.29, 0.717) is 17.1 Å². The lowest BCUT2D eigenvalue weighted by atomic mass is 10.2. The Morgan fingerprint density at radius 3 is 2.64 bits per heavy atom. The third-order valence-corrected chi connectivity index (χ3v) is 4.20. The van der Waals surface area contributed by atoms with Crippen molar-refractivity contribution in [3.63, 3.8) is 0 Å². The second kappa shape index (κ2) is 6.31. The molecule has 3 aromatic rings. The monoisotopic (exact) mass is 428 g/mol. The molecule has 0 unspecified atom stereocenters. The summed E-state index contributed by atoms with van der Waals surface area (Å²) in [5.74, 6) is 0.153. The van der Waals surface area contributed by atoms with Crippen LogP contribution in [0.2, 0.25) is 5.02 Å². The molecule has 0 fully saturated rings. The molecule has 0 saturated carbocycles. The van der Waals surface area contributed by atoms with Crippen LogP contribution in [-0.2, 0) is 6.54 Å². The van der Waals surface area contributed by atoms with Crippen molar-refractivity contribution in [2.24, 2.45) is 5.73 Å². The van der Waals surface area contributed by atoms with E-state index in [1.54, 1.807) is 12.4 Å². The number of hydrogen-bond donors (Lipinski definition) is 1. The molecular formula is C15H11ClFIN4. The first kappa shape index (κ1) is 15.4. The van der Waals surface area contributed by atoms with Crippen molar-refractivity contribution in [3.05, 3.63) is 62.7 Å². The fourth-order valence-electron chi connectivity index (χ4n) is 2.02. The van der Waals surface area contributed by atoms with Gasteiger partial charge in [-0.1, -0.05) is 23.7 Å². The quantitative estimate of drug-likeness (QED) is 0.646. The Labute approximate surface area is 145 Å². The Kier molecular flexibility index (Phi) is 4.42.